The van der Waals surface area contributed by atoms with Gasteiger partial charge in [0.1, 0.15) is 5.52 Å². The molecule has 30 heavy (non-hydrogen) atoms. The number of hydrogen-bond donors (Lipinski definition) is 0. The van der Waals surface area contributed by atoms with E-state index in [1.54, 1.807) is 0 Å². The van der Waals surface area contributed by atoms with E-state index in [4.69, 9.17) is 19.7 Å². The van der Waals surface area contributed by atoms with E-state index in [1.807, 2.05) is 11.8 Å². The van der Waals surface area contributed by atoms with E-state index >= 15 is 0 Å². The molecule has 0 unspecified atom stereocenters. The van der Waals surface area contributed by atoms with Crippen molar-refractivity contribution in [3.63, 3.8) is 0 Å². The highest BCUT2D eigenvalue weighted by atomic mass is 32.2. The van der Waals surface area contributed by atoms with Gasteiger partial charge in [0.25, 0.3) is 0 Å². The molecule has 4 rings (SSSR count). The lowest BCUT2D eigenvalue weighted by atomic mass is 10.1. The molecule has 0 atom stereocenters. The summed E-state index contributed by atoms with van der Waals surface area (Å²) in [5.74, 6) is 0.884. The fourth-order valence-electron chi connectivity index (χ4n) is 4.35. The minimum absolute atomic E-state index is 0.469. The van der Waals surface area contributed by atoms with Crippen LogP contribution in [0, 0.1) is 13.8 Å². The van der Waals surface area contributed by atoms with Gasteiger partial charge in [0.15, 0.2) is 10.8 Å². The quantitative estimate of drug-likeness (QED) is 0.690. The summed E-state index contributed by atoms with van der Waals surface area (Å²) in [6.07, 6.45) is 5.48. The molecule has 0 bridgehead atoms. The first-order valence-electron chi connectivity index (χ1n) is 11.1. The highest BCUT2D eigenvalue weighted by Gasteiger charge is 2.24. The largest absolute Gasteiger partial charge is 0.380 e. The summed E-state index contributed by atoms with van der Waals surface area (Å²) in [5, 5.41) is 1.12. The van der Waals surface area contributed by atoms with Crippen molar-refractivity contribution < 1.29 is 4.74 Å². The first kappa shape index (κ1) is 21.4. The molecule has 0 radical (unpaired) electrons. The number of hydrogen-bond acceptors (Lipinski definition) is 6. The van der Waals surface area contributed by atoms with Gasteiger partial charge in [0.05, 0.1) is 18.0 Å². The Morgan fingerprint density at radius 1 is 1.10 bits per heavy atom. The molecule has 4 heterocycles. The van der Waals surface area contributed by atoms with Gasteiger partial charge in [-0.1, -0.05) is 25.6 Å². The molecule has 0 aromatic carbocycles. The van der Waals surface area contributed by atoms with Gasteiger partial charge in [-0.25, -0.2) is 15.0 Å². The molecule has 2 aromatic heterocycles. The van der Waals surface area contributed by atoms with Crippen LogP contribution in [0.1, 0.15) is 63.0 Å². The molecule has 2 aliphatic rings. The molecule has 0 spiro atoms. The van der Waals surface area contributed by atoms with Crippen molar-refractivity contribution in [2.24, 2.45) is 4.99 Å². The third-order valence-corrected chi connectivity index (χ3v) is 7.20. The molecule has 0 N–H and O–H groups in total. The zero-order valence-corrected chi connectivity index (χ0v) is 19.7. The number of ether oxygens (including phenoxy) is 1. The van der Waals surface area contributed by atoms with Crippen LogP contribution in [-0.4, -0.2) is 56.7 Å². The Morgan fingerprint density at radius 2 is 1.90 bits per heavy atom. The Balaban J connectivity index is 1.71. The molecule has 2 aromatic rings. The molecular formula is C23H33N5OS. The van der Waals surface area contributed by atoms with Crippen molar-refractivity contribution in [1.29, 1.82) is 0 Å². The van der Waals surface area contributed by atoms with Gasteiger partial charge in [0, 0.05) is 49.0 Å². The van der Waals surface area contributed by atoms with Crippen molar-refractivity contribution >= 4 is 33.7 Å². The zero-order valence-electron chi connectivity index (χ0n) is 18.9. The van der Waals surface area contributed by atoms with Gasteiger partial charge in [-0.05, 0) is 45.6 Å². The molecule has 0 amide bonds. The van der Waals surface area contributed by atoms with Crippen molar-refractivity contribution in [1.82, 2.24) is 19.4 Å². The summed E-state index contributed by atoms with van der Waals surface area (Å²) >= 11 is 1.81. The Bertz CT molecular complexity index is 981. The van der Waals surface area contributed by atoms with E-state index < -0.39 is 0 Å². The second kappa shape index (κ2) is 9.10. The lowest BCUT2D eigenvalue weighted by molar-refractivity contribution is 0.147. The van der Waals surface area contributed by atoms with Crippen LogP contribution in [0.2, 0.25) is 0 Å². The number of rotatable bonds is 4. The molecule has 7 heteroatoms. The van der Waals surface area contributed by atoms with Crippen LogP contribution in [0.4, 0.5) is 0 Å². The van der Waals surface area contributed by atoms with Crippen LogP contribution >= 0.6 is 11.8 Å². The van der Waals surface area contributed by atoms with E-state index in [1.165, 1.54) is 11.1 Å². The van der Waals surface area contributed by atoms with Crippen LogP contribution in [-0.2, 0) is 4.74 Å². The van der Waals surface area contributed by atoms with Crippen LogP contribution in [0.25, 0.3) is 16.7 Å². The summed E-state index contributed by atoms with van der Waals surface area (Å²) < 4.78 is 7.92. The summed E-state index contributed by atoms with van der Waals surface area (Å²) in [6.45, 7) is 14.4. The summed E-state index contributed by atoms with van der Waals surface area (Å²) in [4.78, 5) is 17.5. The molecule has 0 saturated carbocycles. The smallest absolute Gasteiger partial charge is 0.164 e. The normalized spacial score (nSPS) is 18.3. The van der Waals surface area contributed by atoms with E-state index in [-0.39, 0.29) is 0 Å². The standard InChI is InChI=1S/C23H33N5OS/c1-6-18(7-2)28-13-15(3)20-22(28)24-17(5)21(26-20)19-14-30-23(25-16(19)4)27-9-8-11-29-12-10-27/h13,18H,6-12,14H2,1-5H3. The van der Waals surface area contributed by atoms with Crippen molar-refractivity contribution in [2.45, 2.75) is 59.9 Å². The number of fused-ring (bicyclic) bond motifs is 1. The minimum atomic E-state index is 0.469. The predicted octanol–water partition coefficient (Wildman–Crippen LogP) is 4.97. The molecule has 1 saturated heterocycles. The van der Waals surface area contributed by atoms with Crippen molar-refractivity contribution in [3.05, 3.63) is 28.8 Å². The number of nitrogens with zero attached hydrogens (tertiary/aromatic N) is 5. The maximum absolute atomic E-state index is 5.60. The van der Waals surface area contributed by atoms with Gasteiger partial charge >= 0.3 is 0 Å². The fourth-order valence-corrected chi connectivity index (χ4v) is 5.54. The number of aromatic nitrogens is 3. The zero-order chi connectivity index (χ0) is 21.3. The van der Waals surface area contributed by atoms with Gasteiger partial charge < -0.3 is 14.2 Å². The van der Waals surface area contributed by atoms with Gasteiger partial charge in [0.2, 0.25) is 0 Å². The Hall–Kier alpha value is -1.86. The molecular weight excluding hydrogens is 394 g/mol. The second-order valence-corrected chi connectivity index (χ2v) is 9.16. The third-order valence-electron chi connectivity index (χ3n) is 6.16. The van der Waals surface area contributed by atoms with Crippen LogP contribution in [0.3, 0.4) is 0 Å². The van der Waals surface area contributed by atoms with Crippen LogP contribution < -0.4 is 0 Å². The fraction of sp³-hybridized carbons (Fsp3) is 0.609. The monoisotopic (exact) mass is 427 g/mol. The minimum Gasteiger partial charge on any atom is -0.380 e. The van der Waals surface area contributed by atoms with Gasteiger partial charge in [-0.3, -0.25) is 0 Å². The maximum Gasteiger partial charge on any atom is 0.164 e. The van der Waals surface area contributed by atoms with E-state index in [9.17, 15) is 0 Å². The molecule has 6 nitrogen and oxygen atoms in total. The first-order chi connectivity index (χ1) is 14.5. The summed E-state index contributed by atoms with van der Waals surface area (Å²) in [5.41, 5.74) is 7.48. The average molecular weight is 428 g/mol. The first-order valence-corrected chi connectivity index (χ1v) is 12.1. The average Bonchev–Trinajstić information content (AvgIpc) is 2.91. The highest BCUT2D eigenvalue weighted by Crippen LogP contribution is 2.33. The molecule has 0 aliphatic carbocycles. The maximum atomic E-state index is 5.60. The number of thioether (sulfide) groups is 1. The Kier molecular flexibility index (Phi) is 6.48. The predicted molar refractivity (Wildman–Crippen MR) is 126 cm³/mol. The number of amidine groups is 1. The van der Waals surface area contributed by atoms with Gasteiger partial charge in [-0.2, -0.15) is 0 Å². The third kappa shape index (κ3) is 4.02. The topological polar surface area (TPSA) is 55.5 Å². The van der Waals surface area contributed by atoms with E-state index in [0.29, 0.717) is 6.04 Å². The van der Waals surface area contributed by atoms with Crippen molar-refractivity contribution in [3.8, 4) is 0 Å². The summed E-state index contributed by atoms with van der Waals surface area (Å²) in [6, 6.07) is 0.469. The van der Waals surface area contributed by atoms with Crippen molar-refractivity contribution in [2.75, 3.05) is 32.1 Å². The second-order valence-electron chi connectivity index (χ2n) is 8.22. The lowest BCUT2D eigenvalue weighted by Gasteiger charge is -2.26. The molecule has 2 aliphatic heterocycles. The lowest BCUT2D eigenvalue weighted by Crippen LogP contribution is -2.32. The van der Waals surface area contributed by atoms with Crippen LogP contribution in [0.5, 0.6) is 0 Å². The van der Waals surface area contributed by atoms with E-state index in [0.717, 1.165) is 84.7 Å². The van der Waals surface area contributed by atoms with E-state index in [2.05, 4.69) is 50.3 Å². The molecule has 1 fully saturated rings. The number of allylic oxidation sites excluding steroid dienone is 1. The Morgan fingerprint density at radius 3 is 2.63 bits per heavy atom. The van der Waals surface area contributed by atoms with Gasteiger partial charge in [-0.15, -0.1) is 0 Å². The number of aliphatic imine (C=N–C) groups is 1. The summed E-state index contributed by atoms with van der Waals surface area (Å²) in [7, 11) is 0. The van der Waals surface area contributed by atoms with Crippen LogP contribution in [0.15, 0.2) is 16.9 Å². The number of aryl methyl sites for hydroxylation is 2. The Labute approximate surface area is 183 Å². The molecule has 162 valence electrons. The SMILES string of the molecule is CCC(CC)n1cc(C)c2nc(C3=C(C)N=C(N4CCCOCC4)SC3)c(C)nc21. The highest BCUT2D eigenvalue weighted by molar-refractivity contribution is 8.14.